The van der Waals surface area contributed by atoms with Gasteiger partial charge in [0, 0.05) is 6.04 Å². The Bertz CT molecular complexity index is 601. The Morgan fingerprint density at radius 1 is 1.32 bits per heavy atom. The summed E-state index contributed by atoms with van der Waals surface area (Å²) in [4.78, 5) is 38.0. The molecule has 2 aliphatic carbocycles. The first-order chi connectivity index (χ1) is 11.6. The molecule has 3 aliphatic rings. The Hall–Kier alpha value is -1.59. The second-order valence-corrected chi connectivity index (χ2v) is 9.29. The standard InChI is InChI=1S/C19H31N3O3/c1-11(2)8-13-16(24)22(17(25)20-13)10-15(23)21-14-9-12-6-7-19(14,5)18(12,3)4/h11-14H,6-10H2,1-5H3,(H,20,25)(H,21,23)/t12-,13-,14+,19-/m1/s1. The maximum atomic E-state index is 12.5. The van der Waals surface area contributed by atoms with Gasteiger partial charge in [-0.2, -0.15) is 0 Å². The summed E-state index contributed by atoms with van der Waals surface area (Å²) in [6, 6.07) is -0.828. The molecule has 0 spiro atoms. The zero-order valence-corrected chi connectivity index (χ0v) is 16.0. The van der Waals surface area contributed by atoms with Crippen LogP contribution in [0.25, 0.3) is 0 Å². The van der Waals surface area contributed by atoms with Gasteiger partial charge in [-0.05, 0) is 48.3 Å². The van der Waals surface area contributed by atoms with Gasteiger partial charge >= 0.3 is 6.03 Å². The SMILES string of the molecule is CC(C)C[C@H]1NC(=O)N(CC(=O)N[C@H]2C[C@H]3CC[C@@]2(C)C3(C)C)C1=O. The van der Waals surface area contributed by atoms with E-state index in [1.165, 1.54) is 6.42 Å². The van der Waals surface area contributed by atoms with E-state index in [9.17, 15) is 14.4 Å². The molecule has 25 heavy (non-hydrogen) atoms. The molecular weight excluding hydrogens is 318 g/mol. The van der Waals surface area contributed by atoms with Gasteiger partial charge < -0.3 is 10.6 Å². The third-order valence-corrected chi connectivity index (χ3v) is 7.25. The van der Waals surface area contributed by atoms with Gasteiger partial charge in [0.05, 0.1) is 0 Å². The number of fused-ring (bicyclic) bond motifs is 2. The molecule has 3 fully saturated rings. The molecule has 3 rings (SSSR count). The molecule has 0 radical (unpaired) electrons. The van der Waals surface area contributed by atoms with Crippen LogP contribution in [0.5, 0.6) is 0 Å². The highest BCUT2D eigenvalue weighted by atomic mass is 16.2. The average molecular weight is 349 g/mol. The summed E-state index contributed by atoms with van der Waals surface area (Å²) in [6.07, 6.45) is 3.93. The molecule has 4 amide bonds. The molecule has 0 aromatic carbocycles. The zero-order chi connectivity index (χ0) is 18.6. The zero-order valence-electron chi connectivity index (χ0n) is 16.0. The molecule has 6 heteroatoms. The van der Waals surface area contributed by atoms with Crippen LogP contribution < -0.4 is 10.6 Å². The minimum absolute atomic E-state index is 0.0881. The van der Waals surface area contributed by atoms with E-state index in [4.69, 9.17) is 0 Å². The highest BCUT2D eigenvalue weighted by molar-refractivity contribution is 6.06. The Labute approximate surface area is 150 Å². The third-order valence-electron chi connectivity index (χ3n) is 7.25. The van der Waals surface area contributed by atoms with Crippen LogP contribution in [0.15, 0.2) is 0 Å². The van der Waals surface area contributed by atoms with Crippen molar-refractivity contribution in [2.24, 2.45) is 22.7 Å². The first kappa shape index (κ1) is 18.2. The van der Waals surface area contributed by atoms with Gasteiger partial charge in [0.2, 0.25) is 5.91 Å². The molecule has 1 aliphatic heterocycles. The summed E-state index contributed by atoms with van der Waals surface area (Å²) >= 11 is 0. The van der Waals surface area contributed by atoms with E-state index in [0.29, 0.717) is 18.3 Å². The maximum Gasteiger partial charge on any atom is 0.325 e. The van der Waals surface area contributed by atoms with Crippen LogP contribution in [0.3, 0.4) is 0 Å². The lowest BCUT2D eigenvalue weighted by molar-refractivity contribution is -0.133. The van der Waals surface area contributed by atoms with E-state index < -0.39 is 12.1 Å². The minimum Gasteiger partial charge on any atom is -0.351 e. The van der Waals surface area contributed by atoms with Crippen molar-refractivity contribution in [1.82, 2.24) is 15.5 Å². The van der Waals surface area contributed by atoms with Gasteiger partial charge in [-0.3, -0.25) is 14.5 Å². The fourth-order valence-corrected chi connectivity index (χ4v) is 5.16. The molecule has 1 heterocycles. The van der Waals surface area contributed by atoms with Crippen molar-refractivity contribution in [2.45, 2.75) is 72.4 Å². The van der Waals surface area contributed by atoms with Crippen molar-refractivity contribution in [3.63, 3.8) is 0 Å². The molecule has 140 valence electrons. The van der Waals surface area contributed by atoms with Crippen molar-refractivity contribution < 1.29 is 14.4 Å². The van der Waals surface area contributed by atoms with Crippen molar-refractivity contribution in [3.8, 4) is 0 Å². The van der Waals surface area contributed by atoms with Crippen LogP contribution >= 0.6 is 0 Å². The van der Waals surface area contributed by atoms with Crippen molar-refractivity contribution >= 4 is 17.8 Å². The third kappa shape index (κ3) is 2.83. The second-order valence-electron chi connectivity index (χ2n) is 9.29. The Morgan fingerprint density at radius 2 is 2.00 bits per heavy atom. The number of amides is 4. The normalized spacial score (nSPS) is 36.2. The second kappa shape index (κ2) is 5.99. The largest absolute Gasteiger partial charge is 0.351 e. The first-order valence-corrected chi connectivity index (χ1v) is 9.47. The molecule has 4 atom stereocenters. The van der Waals surface area contributed by atoms with Gasteiger partial charge in [0.1, 0.15) is 12.6 Å². The maximum absolute atomic E-state index is 12.5. The van der Waals surface area contributed by atoms with Crippen LogP contribution in [0.2, 0.25) is 0 Å². The van der Waals surface area contributed by atoms with Crippen LogP contribution in [-0.4, -0.2) is 41.4 Å². The van der Waals surface area contributed by atoms with Gasteiger partial charge in [-0.1, -0.05) is 34.6 Å². The number of urea groups is 1. The molecule has 0 unspecified atom stereocenters. The molecule has 0 aromatic heterocycles. The number of rotatable bonds is 5. The molecule has 2 saturated carbocycles. The van der Waals surface area contributed by atoms with Crippen molar-refractivity contribution in [1.29, 1.82) is 0 Å². The van der Waals surface area contributed by atoms with Gasteiger partial charge in [0.25, 0.3) is 5.91 Å². The van der Waals surface area contributed by atoms with Crippen molar-refractivity contribution in [3.05, 3.63) is 0 Å². The summed E-state index contributed by atoms with van der Waals surface area (Å²) in [7, 11) is 0. The highest BCUT2D eigenvalue weighted by Gasteiger charge is 2.61. The Kier molecular flexibility index (Phi) is 4.36. The highest BCUT2D eigenvalue weighted by Crippen LogP contribution is 2.65. The molecular formula is C19H31N3O3. The van der Waals surface area contributed by atoms with E-state index in [1.54, 1.807) is 0 Å². The lowest BCUT2D eigenvalue weighted by Gasteiger charge is -2.39. The van der Waals surface area contributed by atoms with E-state index in [-0.39, 0.29) is 35.2 Å². The summed E-state index contributed by atoms with van der Waals surface area (Å²) in [5.74, 6) is 0.422. The Balaban J connectivity index is 1.60. The summed E-state index contributed by atoms with van der Waals surface area (Å²) in [5.41, 5.74) is 0.304. The van der Waals surface area contributed by atoms with Gasteiger partial charge in [-0.15, -0.1) is 0 Å². The molecule has 6 nitrogen and oxygen atoms in total. The van der Waals surface area contributed by atoms with Crippen molar-refractivity contribution in [2.75, 3.05) is 6.54 Å². The number of nitrogens with one attached hydrogen (secondary N) is 2. The smallest absolute Gasteiger partial charge is 0.325 e. The molecule has 1 saturated heterocycles. The fraction of sp³-hybridized carbons (Fsp3) is 0.842. The number of carbonyl (C=O) groups excluding carboxylic acids is 3. The fourth-order valence-electron chi connectivity index (χ4n) is 5.16. The summed E-state index contributed by atoms with van der Waals surface area (Å²) in [5, 5.41) is 5.81. The quantitative estimate of drug-likeness (QED) is 0.748. The van der Waals surface area contributed by atoms with Crippen LogP contribution in [0.1, 0.15) is 60.3 Å². The number of hydrogen-bond acceptors (Lipinski definition) is 3. The molecule has 2 N–H and O–H groups in total. The number of nitrogens with zero attached hydrogens (tertiary/aromatic N) is 1. The lowest BCUT2D eigenvalue weighted by Crippen LogP contribution is -2.50. The average Bonchev–Trinajstić information content (AvgIpc) is 2.95. The molecule has 2 bridgehead atoms. The predicted molar refractivity (Wildman–Crippen MR) is 94.6 cm³/mol. The molecule has 0 aromatic rings. The number of hydrogen-bond donors (Lipinski definition) is 2. The van der Waals surface area contributed by atoms with E-state index in [0.717, 1.165) is 17.7 Å². The summed E-state index contributed by atoms with van der Waals surface area (Å²) < 4.78 is 0. The van der Waals surface area contributed by atoms with Gasteiger partial charge in [0.15, 0.2) is 0 Å². The minimum atomic E-state index is -0.501. The lowest BCUT2D eigenvalue weighted by atomic mass is 9.69. The number of carbonyl (C=O) groups is 3. The van der Waals surface area contributed by atoms with Crippen LogP contribution in [0, 0.1) is 22.7 Å². The summed E-state index contributed by atoms with van der Waals surface area (Å²) in [6.45, 7) is 10.7. The van der Waals surface area contributed by atoms with E-state index in [2.05, 4.69) is 31.4 Å². The van der Waals surface area contributed by atoms with Gasteiger partial charge in [-0.25, -0.2) is 4.79 Å². The van der Waals surface area contributed by atoms with E-state index in [1.807, 2.05) is 13.8 Å². The van der Waals surface area contributed by atoms with Crippen LogP contribution in [0.4, 0.5) is 4.79 Å². The first-order valence-electron chi connectivity index (χ1n) is 9.47. The predicted octanol–water partition coefficient (Wildman–Crippen LogP) is 2.28. The monoisotopic (exact) mass is 349 g/mol. The number of imide groups is 1. The Morgan fingerprint density at radius 3 is 2.52 bits per heavy atom. The van der Waals surface area contributed by atoms with E-state index >= 15 is 0 Å². The topological polar surface area (TPSA) is 78.5 Å². The van der Waals surface area contributed by atoms with Crippen LogP contribution in [-0.2, 0) is 9.59 Å².